The zero-order valence-corrected chi connectivity index (χ0v) is 19.5. The molecule has 8 nitrogen and oxygen atoms in total. The van der Waals surface area contributed by atoms with E-state index in [1.165, 1.54) is 12.8 Å². The summed E-state index contributed by atoms with van der Waals surface area (Å²) in [6.45, 7) is 2.25. The number of nitrogens with one attached hydrogen (secondary N) is 2. The minimum Gasteiger partial charge on any atom is -0.352 e. The van der Waals surface area contributed by atoms with Crippen LogP contribution in [0.4, 0.5) is 5.69 Å². The quantitative estimate of drug-likeness (QED) is 0.709. The topological polar surface area (TPSA) is 98.5 Å². The van der Waals surface area contributed by atoms with Gasteiger partial charge in [0.2, 0.25) is 5.96 Å². The average Bonchev–Trinajstić information content (AvgIpc) is 3.16. The van der Waals surface area contributed by atoms with Crippen LogP contribution in [0, 0.1) is 5.41 Å². The highest BCUT2D eigenvalue weighted by atomic mass is 16.1. The Morgan fingerprint density at radius 1 is 1.26 bits per heavy atom. The van der Waals surface area contributed by atoms with Gasteiger partial charge in [-0.15, -0.1) is 0 Å². The zero-order valence-electron chi connectivity index (χ0n) is 19.5. The fourth-order valence-electron chi connectivity index (χ4n) is 5.10. The Morgan fingerprint density at radius 3 is 2.91 bits per heavy atom. The molecule has 2 N–H and O–H groups in total. The molecule has 1 amide bonds. The molecular formula is C26H30N6O2. The Bertz CT molecular complexity index is 1130. The number of nitrogens with zero attached hydrogens (tertiary/aromatic N) is 4. The number of carbonyl (C=O) groups excluding carboxylic acids is 2. The van der Waals surface area contributed by atoms with Gasteiger partial charge in [0, 0.05) is 42.9 Å². The van der Waals surface area contributed by atoms with E-state index < -0.39 is 5.41 Å². The van der Waals surface area contributed by atoms with E-state index in [0.29, 0.717) is 43.5 Å². The summed E-state index contributed by atoms with van der Waals surface area (Å²) >= 11 is 0. The Morgan fingerprint density at radius 2 is 2.12 bits per heavy atom. The van der Waals surface area contributed by atoms with Gasteiger partial charge in [-0.05, 0) is 69.3 Å². The van der Waals surface area contributed by atoms with Crippen molar-refractivity contribution in [1.82, 2.24) is 10.2 Å². The largest absolute Gasteiger partial charge is 0.352 e. The number of anilines is 1. The van der Waals surface area contributed by atoms with E-state index in [0.717, 1.165) is 30.1 Å². The number of amides is 1. The molecule has 2 unspecified atom stereocenters. The van der Waals surface area contributed by atoms with Gasteiger partial charge in [-0.3, -0.25) is 14.6 Å². The molecule has 8 heteroatoms. The van der Waals surface area contributed by atoms with Gasteiger partial charge >= 0.3 is 0 Å². The van der Waals surface area contributed by atoms with E-state index in [1.807, 2.05) is 30.4 Å². The second kappa shape index (κ2) is 9.46. The van der Waals surface area contributed by atoms with Crippen molar-refractivity contribution in [3.05, 3.63) is 53.8 Å². The lowest BCUT2D eigenvalue weighted by Gasteiger charge is -2.35. The smallest absolute Gasteiger partial charge is 0.251 e. The summed E-state index contributed by atoms with van der Waals surface area (Å²) in [6, 6.07) is 7.88. The minimum atomic E-state index is -0.570. The number of carbonyl (C=O) groups is 2. The van der Waals surface area contributed by atoms with E-state index in [1.54, 1.807) is 18.3 Å². The summed E-state index contributed by atoms with van der Waals surface area (Å²) in [6.07, 6.45) is 11.6. The number of guanidine groups is 1. The summed E-state index contributed by atoms with van der Waals surface area (Å²) in [7, 11) is 2.15. The highest BCUT2D eigenvalue weighted by molar-refractivity contribution is 6.15. The van der Waals surface area contributed by atoms with Gasteiger partial charge < -0.3 is 15.5 Å². The molecule has 1 fully saturated rings. The molecule has 1 aromatic carbocycles. The summed E-state index contributed by atoms with van der Waals surface area (Å²) in [5.74, 6) is 0.575. The van der Waals surface area contributed by atoms with Crippen LogP contribution in [0.3, 0.4) is 0 Å². The normalized spacial score (nSPS) is 26.1. The molecule has 1 spiro atoms. The van der Waals surface area contributed by atoms with Crippen molar-refractivity contribution in [3.8, 4) is 0 Å². The lowest BCUT2D eigenvalue weighted by molar-refractivity contribution is -0.118. The van der Waals surface area contributed by atoms with E-state index >= 15 is 0 Å². The van der Waals surface area contributed by atoms with Gasteiger partial charge in [-0.1, -0.05) is 6.08 Å². The predicted molar refractivity (Wildman–Crippen MR) is 135 cm³/mol. The van der Waals surface area contributed by atoms with Crippen LogP contribution in [0.15, 0.2) is 63.2 Å². The van der Waals surface area contributed by atoms with Crippen molar-refractivity contribution in [1.29, 1.82) is 0 Å². The first-order valence-corrected chi connectivity index (χ1v) is 12.0. The number of likely N-dealkylation sites (tertiary alicyclic amines) is 1. The van der Waals surface area contributed by atoms with Crippen LogP contribution >= 0.6 is 0 Å². The van der Waals surface area contributed by atoms with Crippen LogP contribution in [0.5, 0.6) is 0 Å². The molecule has 2 atom stereocenters. The van der Waals surface area contributed by atoms with E-state index in [9.17, 15) is 9.59 Å². The number of benzene rings is 1. The summed E-state index contributed by atoms with van der Waals surface area (Å²) in [4.78, 5) is 41.0. The van der Waals surface area contributed by atoms with Crippen LogP contribution in [0.1, 0.15) is 42.5 Å². The monoisotopic (exact) mass is 458 g/mol. The zero-order chi connectivity index (χ0) is 23.5. The van der Waals surface area contributed by atoms with E-state index in [4.69, 9.17) is 4.99 Å². The van der Waals surface area contributed by atoms with Gasteiger partial charge in [0.25, 0.3) is 5.91 Å². The maximum absolute atomic E-state index is 12.5. The van der Waals surface area contributed by atoms with Crippen molar-refractivity contribution in [3.63, 3.8) is 0 Å². The third-order valence-electron chi connectivity index (χ3n) is 7.10. The van der Waals surface area contributed by atoms with Crippen molar-refractivity contribution >= 4 is 35.3 Å². The van der Waals surface area contributed by atoms with Gasteiger partial charge in [0.05, 0.1) is 23.4 Å². The van der Waals surface area contributed by atoms with E-state index in [-0.39, 0.29) is 11.7 Å². The number of allylic oxidation sites excluding steroid dienone is 3. The van der Waals surface area contributed by atoms with Gasteiger partial charge in [-0.25, -0.2) is 9.98 Å². The Balaban J connectivity index is 1.20. The molecule has 0 aromatic heterocycles. The van der Waals surface area contributed by atoms with Crippen LogP contribution in [-0.2, 0) is 4.79 Å². The summed E-state index contributed by atoms with van der Waals surface area (Å²) < 4.78 is 0. The molecule has 1 saturated heterocycles. The highest BCUT2D eigenvalue weighted by Gasteiger charge is 2.44. The van der Waals surface area contributed by atoms with Crippen LogP contribution in [-0.4, -0.2) is 67.2 Å². The van der Waals surface area contributed by atoms with Crippen LogP contribution in [0.2, 0.25) is 0 Å². The van der Waals surface area contributed by atoms with Crippen LogP contribution in [0.25, 0.3) is 0 Å². The third kappa shape index (κ3) is 4.50. The van der Waals surface area contributed by atoms with Crippen molar-refractivity contribution in [2.75, 3.05) is 32.0 Å². The third-order valence-corrected chi connectivity index (χ3v) is 7.10. The number of aliphatic imine (C=N–C) groups is 3. The van der Waals surface area contributed by atoms with Crippen molar-refractivity contribution in [2.45, 2.75) is 38.1 Å². The first-order valence-electron chi connectivity index (χ1n) is 12.0. The number of ketones is 1. The highest BCUT2D eigenvalue weighted by Crippen LogP contribution is 2.41. The Labute approximate surface area is 199 Å². The van der Waals surface area contributed by atoms with Gasteiger partial charge in [0.15, 0.2) is 0 Å². The van der Waals surface area contributed by atoms with Crippen molar-refractivity contribution in [2.24, 2.45) is 20.4 Å². The SMILES string of the molecule is CN1CCCC1CCNC(=O)c1ccc(NC2=NCC34CC(=O)CC=NC3=CC=CC4=N2)cc1. The second-order valence-electron chi connectivity index (χ2n) is 9.38. The molecule has 3 aliphatic heterocycles. The number of rotatable bonds is 5. The number of hydrogen-bond donors (Lipinski definition) is 2. The van der Waals surface area contributed by atoms with Crippen LogP contribution < -0.4 is 10.6 Å². The molecule has 34 heavy (non-hydrogen) atoms. The number of hydrogen-bond acceptors (Lipinski definition) is 7. The Hall–Kier alpha value is -3.39. The minimum absolute atomic E-state index is 0.0605. The molecule has 0 bridgehead atoms. The Kier molecular flexibility index (Phi) is 6.24. The molecule has 1 aromatic rings. The molecule has 176 valence electrons. The summed E-state index contributed by atoms with van der Waals surface area (Å²) in [5.41, 5.74) is 2.50. The van der Waals surface area contributed by atoms with Gasteiger partial charge in [0.1, 0.15) is 5.78 Å². The first kappa shape index (κ1) is 22.4. The van der Waals surface area contributed by atoms with E-state index in [2.05, 4.69) is 32.6 Å². The average molecular weight is 459 g/mol. The molecule has 5 rings (SSSR count). The lowest BCUT2D eigenvalue weighted by Crippen LogP contribution is -2.41. The lowest BCUT2D eigenvalue weighted by atomic mass is 9.72. The predicted octanol–water partition coefficient (Wildman–Crippen LogP) is 3.00. The molecule has 0 saturated carbocycles. The molecule has 3 heterocycles. The second-order valence-corrected chi connectivity index (χ2v) is 9.38. The first-order chi connectivity index (χ1) is 16.5. The van der Waals surface area contributed by atoms with Crippen molar-refractivity contribution < 1.29 is 9.59 Å². The molecule has 1 aliphatic carbocycles. The maximum atomic E-state index is 12.5. The fourth-order valence-corrected chi connectivity index (χ4v) is 5.10. The summed E-state index contributed by atoms with van der Waals surface area (Å²) in [5, 5.41) is 6.26. The van der Waals surface area contributed by atoms with Gasteiger partial charge in [-0.2, -0.15) is 0 Å². The molecule has 4 aliphatic rings. The fraction of sp³-hybridized carbons (Fsp3) is 0.423. The maximum Gasteiger partial charge on any atom is 0.251 e. The molecular weight excluding hydrogens is 428 g/mol. The standard InChI is InChI=1S/C26H30N6O2/c1-32-15-3-4-20(32)11-13-28-24(34)18-7-9-19(10-8-18)30-25-29-17-26-16-21(33)12-14-27-22(26)5-2-6-23(26)31-25/h2,5-10,14,20H,3-4,11-13,15-17H2,1H3,(H,28,34)(H,29,30). The number of Topliss-reactive ketones (excluding diaryl/α,β-unsaturated/α-hetero) is 1. The molecule has 0 radical (unpaired) electrons.